The van der Waals surface area contributed by atoms with E-state index in [1.165, 1.54) is 5.56 Å². The van der Waals surface area contributed by atoms with Crippen molar-refractivity contribution in [1.82, 2.24) is 0 Å². The van der Waals surface area contributed by atoms with E-state index in [2.05, 4.69) is 66.2 Å². The molecule has 3 nitrogen and oxygen atoms in total. The molecule has 0 fully saturated rings. The number of hydrogen-bond donors (Lipinski definition) is 0. The molecule has 0 saturated carbocycles. The third-order valence-corrected chi connectivity index (χ3v) is 4.20. The number of hydrogen-bond acceptors (Lipinski definition) is 3. The zero-order valence-corrected chi connectivity index (χ0v) is 16.5. The number of ether oxygens (including phenoxy) is 2. The molecule has 0 spiro atoms. The van der Waals surface area contributed by atoms with Crippen molar-refractivity contribution in [2.24, 2.45) is 4.99 Å². The zero-order chi connectivity index (χ0) is 17.5. The number of benzene rings is 2. The van der Waals surface area contributed by atoms with Crippen molar-refractivity contribution in [1.29, 1.82) is 0 Å². The van der Waals surface area contributed by atoms with Gasteiger partial charge in [0, 0.05) is 6.21 Å². The summed E-state index contributed by atoms with van der Waals surface area (Å²) >= 11 is 2.26. The van der Waals surface area contributed by atoms with E-state index < -0.39 is 0 Å². The summed E-state index contributed by atoms with van der Waals surface area (Å²) in [5.41, 5.74) is 4.32. The van der Waals surface area contributed by atoms with Crippen LogP contribution in [0.3, 0.4) is 0 Å². The molecule has 0 aliphatic rings. The van der Waals surface area contributed by atoms with Gasteiger partial charge in [-0.15, -0.1) is 0 Å². The van der Waals surface area contributed by atoms with Crippen molar-refractivity contribution >= 4 is 34.5 Å². The summed E-state index contributed by atoms with van der Waals surface area (Å²) in [6.07, 6.45) is 3.59. The van der Waals surface area contributed by atoms with Gasteiger partial charge in [0.1, 0.15) is 6.61 Å². The lowest BCUT2D eigenvalue weighted by molar-refractivity contribution is 0.295. The normalized spacial score (nSPS) is 10.8. The highest BCUT2D eigenvalue weighted by Gasteiger charge is 2.11. The SMILES string of the molecule is C=CCOc1c(I)cc(C=Nc2cc(C)ccc2C)cc1OCC. The molecule has 0 heterocycles. The number of halogens is 1. The van der Waals surface area contributed by atoms with Crippen LogP contribution in [-0.4, -0.2) is 19.4 Å². The summed E-state index contributed by atoms with van der Waals surface area (Å²) in [5.74, 6) is 1.48. The molecular weight excluding hydrogens is 413 g/mol. The topological polar surface area (TPSA) is 30.8 Å². The van der Waals surface area contributed by atoms with Gasteiger partial charge in [0.05, 0.1) is 15.9 Å². The molecule has 24 heavy (non-hydrogen) atoms. The van der Waals surface area contributed by atoms with Crippen LogP contribution in [0.15, 0.2) is 48.0 Å². The minimum Gasteiger partial charge on any atom is -0.490 e. The summed E-state index contributed by atoms with van der Waals surface area (Å²) in [6, 6.07) is 10.3. The Kier molecular flexibility index (Phi) is 6.85. The zero-order valence-electron chi connectivity index (χ0n) is 14.3. The highest BCUT2D eigenvalue weighted by molar-refractivity contribution is 14.1. The molecule has 0 amide bonds. The van der Waals surface area contributed by atoms with Crippen molar-refractivity contribution in [2.75, 3.05) is 13.2 Å². The molecule has 0 aliphatic carbocycles. The Morgan fingerprint density at radius 1 is 1.17 bits per heavy atom. The van der Waals surface area contributed by atoms with Gasteiger partial charge in [-0.05, 0) is 78.3 Å². The largest absolute Gasteiger partial charge is 0.490 e. The number of aryl methyl sites for hydroxylation is 2. The Labute approximate surface area is 157 Å². The fourth-order valence-corrected chi connectivity index (χ4v) is 2.99. The first-order valence-electron chi connectivity index (χ1n) is 7.86. The second-order valence-electron chi connectivity index (χ2n) is 5.41. The van der Waals surface area contributed by atoms with Crippen molar-refractivity contribution in [3.63, 3.8) is 0 Å². The summed E-state index contributed by atoms with van der Waals surface area (Å²) in [5, 5.41) is 0. The van der Waals surface area contributed by atoms with Gasteiger partial charge in [-0.25, -0.2) is 0 Å². The molecule has 0 unspecified atom stereocenters. The summed E-state index contributed by atoms with van der Waals surface area (Å²) in [6.45, 7) is 10.8. The lowest BCUT2D eigenvalue weighted by Gasteiger charge is -2.13. The molecule has 0 radical (unpaired) electrons. The fraction of sp³-hybridized carbons (Fsp3) is 0.250. The van der Waals surface area contributed by atoms with Gasteiger partial charge in [0.25, 0.3) is 0 Å². The van der Waals surface area contributed by atoms with Crippen molar-refractivity contribution in [2.45, 2.75) is 20.8 Å². The Balaban J connectivity index is 2.34. The molecule has 0 atom stereocenters. The lowest BCUT2D eigenvalue weighted by atomic mass is 10.1. The fourth-order valence-electron chi connectivity index (χ4n) is 2.21. The van der Waals surface area contributed by atoms with E-state index in [4.69, 9.17) is 9.47 Å². The quantitative estimate of drug-likeness (QED) is 0.321. The van der Waals surface area contributed by atoms with Crippen LogP contribution in [0, 0.1) is 17.4 Å². The highest BCUT2D eigenvalue weighted by Crippen LogP contribution is 2.34. The van der Waals surface area contributed by atoms with Gasteiger partial charge in [0.15, 0.2) is 11.5 Å². The predicted octanol–water partition coefficient (Wildman–Crippen LogP) is 5.62. The third kappa shape index (κ3) is 4.84. The molecule has 2 aromatic rings. The van der Waals surface area contributed by atoms with Crippen LogP contribution in [-0.2, 0) is 0 Å². The van der Waals surface area contributed by atoms with Crippen LogP contribution in [0.4, 0.5) is 5.69 Å². The molecule has 2 aromatic carbocycles. The van der Waals surface area contributed by atoms with Crippen LogP contribution in [0.1, 0.15) is 23.6 Å². The minimum absolute atomic E-state index is 0.450. The molecule has 0 N–H and O–H groups in total. The van der Waals surface area contributed by atoms with Crippen LogP contribution in [0.2, 0.25) is 0 Å². The maximum atomic E-state index is 5.73. The Morgan fingerprint density at radius 2 is 1.96 bits per heavy atom. The van der Waals surface area contributed by atoms with Gasteiger partial charge < -0.3 is 9.47 Å². The molecule has 4 heteroatoms. The van der Waals surface area contributed by atoms with Crippen LogP contribution >= 0.6 is 22.6 Å². The first-order valence-corrected chi connectivity index (χ1v) is 8.94. The van der Waals surface area contributed by atoms with E-state index in [0.717, 1.165) is 31.9 Å². The first kappa shape index (κ1) is 18.5. The Morgan fingerprint density at radius 3 is 2.67 bits per heavy atom. The standard InChI is InChI=1S/C20H22INO2/c1-5-9-24-20-17(21)11-16(12-19(20)23-6-2)13-22-18-10-14(3)7-8-15(18)4/h5,7-8,10-13H,1,6,9H2,2-4H3. The maximum absolute atomic E-state index is 5.73. The van der Waals surface area contributed by atoms with E-state index in [1.54, 1.807) is 6.08 Å². The average molecular weight is 435 g/mol. The second-order valence-corrected chi connectivity index (χ2v) is 6.57. The monoisotopic (exact) mass is 435 g/mol. The predicted molar refractivity (Wildman–Crippen MR) is 109 cm³/mol. The second kappa shape index (κ2) is 8.87. The van der Waals surface area contributed by atoms with Crippen LogP contribution in [0.5, 0.6) is 11.5 Å². The number of nitrogens with zero attached hydrogens (tertiary/aromatic N) is 1. The third-order valence-electron chi connectivity index (χ3n) is 3.39. The van der Waals surface area contributed by atoms with E-state index in [0.29, 0.717) is 13.2 Å². The maximum Gasteiger partial charge on any atom is 0.174 e. The molecule has 0 aliphatic heterocycles. The average Bonchev–Trinajstić information content (AvgIpc) is 2.55. The number of aliphatic imine (C=N–C) groups is 1. The van der Waals surface area contributed by atoms with Crippen LogP contribution in [0.25, 0.3) is 0 Å². The van der Waals surface area contributed by atoms with Gasteiger partial charge in [-0.1, -0.05) is 24.8 Å². The molecule has 2 rings (SSSR count). The van der Waals surface area contributed by atoms with Gasteiger partial charge in [-0.3, -0.25) is 4.99 Å². The molecule has 126 valence electrons. The Hall–Kier alpha value is -1.82. The van der Waals surface area contributed by atoms with E-state index in [-0.39, 0.29) is 0 Å². The molecule has 0 saturated heterocycles. The Bertz CT molecular complexity index is 754. The minimum atomic E-state index is 0.450. The summed E-state index contributed by atoms with van der Waals surface area (Å²) < 4.78 is 12.4. The summed E-state index contributed by atoms with van der Waals surface area (Å²) in [4.78, 5) is 4.63. The summed E-state index contributed by atoms with van der Waals surface area (Å²) in [7, 11) is 0. The van der Waals surface area contributed by atoms with Crippen molar-refractivity contribution < 1.29 is 9.47 Å². The molecular formula is C20H22INO2. The lowest BCUT2D eigenvalue weighted by Crippen LogP contribution is -2.02. The van der Waals surface area contributed by atoms with E-state index in [9.17, 15) is 0 Å². The van der Waals surface area contributed by atoms with Crippen molar-refractivity contribution in [3.05, 3.63) is 63.2 Å². The van der Waals surface area contributed by atoms with E-state index in [1.807, 2.05) is 25.3 Å². The smallest absolute Gasteiger partial charge is 0.174 e. The van der Waals surface area contributed by atoms with Gasteiger partial charge in [0.2, 0.25) is 0 Å². The number of rotatable bonds is 7. The van der Waals surface area contributed by atoms with Gasteiger partial charge in [-0.2, -0.15) is 0 Å². The first-order chi connectivity index (χ1) is 11.5. The van der Waals surface area contributed by atoms with Crippen molar-refractivity contribution in [3.8, 4) is 11.5 Å². The van der Waals surface area contributed by atoms with Gasteiger partial charge >= 0.3 is 0 Å². The van der Waals surface area contributed by atoms with E-state index >= 15 is 0 Å². The van der Waals surface area contributed by atoms with Crippen LogP contribution < -0.4 is 9.47 Å². The molecule has 0 aromatic heterocycles. The highest BCUT2D eigenvalue weighted by atomic mass is 127. The molecule has 0 bridgehead atoms.